The Morgan fingerprint density at radius 2 is 2.00 bits per heavy atom. The van der Waals surface area contributed by atoms with Crippen molar-refractivity contribution in [2.75, 3.05) is 6.54 Å². The minimum Gasteiger partial charge on any atom is -0.334 e. The van der Waals surface area contributed by atoms with Gasteiger partial charge in [0.15, 0.2) is 0 Å². The van der Waals surface area contributed by atoms with Crippen molar-refractivity contribution < 1.29 is 0 Å². The Kier molecular flexibility index (Phi) is 2.72. The van der Waals surface area contributed by atoms with E-state index in [2.05, 4.69) is 9.55 Å². The van der Waals surface area contributed by atoms with Crippen molar-refractivity contribution in [3.63, 3.8) is 0 Å². The molecule has 1 aromatic rings. The summed E-state index contributed by atoms with van der Waals surface area (Å²) in [6.45, 7) is 1.91. The maximum atomic E-state index is 5.62. The van der Waals surface area contributed by atoms with Crippen LogP contribution in [-0.2, 0) is 13.0 Å². The number of rotatable bonds is 6. The van der Waals surface area contributed by atoms with Crippen molar-refractivity contribution in [2.24, 2.45) is 23.5 Å². The summed E-state index contributed by atoms with van der Waals surface area (Å²) in [5.74, 6) is 2.95. The van der Waals surface area contributed by atoms with Gasteiger partial charge in [0.05, 0.1) is 6.33 Å². The second-order valence-electron chi connectivity index (χ2n) is 5.41. The number of hydrogen-bond donors (Lipinski definition) is 1. The molecule has 16 heavy (non-hydrogen) atoms. The van der Waals surface area contributed by atoms with Crippen LogP contribution in [0.1, 0.15) is 31.4 Å². The Morgan fingerprint density at radius 3 is 2.56 bits per heavy atom. The molecule has 2 aliphatic carbocycles. The summed E-state index contributed by atoms with van der Waals surface area (Å²) in [6, 6.07) is 0. The van der Waals surface area contributed by atoms with Gasteiger partial charge in [0.2, 0.25) is 0 Å². The van der Waals surface area contributed by atoms with Crippen LogP contribution in [0.5, 0.6) is 0 Å². The quantitative estimate of drug-likeness (QED) is 0.793. The minimum atomic E-state index is 0.725. The van der Waals surface area contributed by atoms with Gasteiger partial charge in [-0.05, 0) is 50.0 Å². The van der Waals surface area contributed by atoms with E-state index in [4.69, 9.17) is 5.73 Å². The van der Waals surface area contributed by atoms with Crippen molar-refractivity contribution in [3.8, 4) is 0 Å². The molecule has 2 aliphatic rings. The highest BCUT2D eigenvalue weighted by Gasteiger charge is 2.41. The van der Waals surface area contributed by atoms with Crippen molar-refractivity contribution in [1.82, 2.24) is 9.55 Å². The summed E-state index contributed by atoms with van der Waals surface area (Å²) in [6.07, 6.45) is 10.8. The molecule has 88 valence electrons. The first kappa shape index (κ1) is 10.3. The maximum absolute atomic E-state index is 5.62. The number of imidazole rings is 1. The lowest BCUT2D eigenvalue weighted by atomic mass is 9.98. The fraction of sp³-hybridized carbons (Fsp3) is 0.769. The Morgan fingerprint density at radius 1 is 1.31 bits per heavy atom. The molecule has 0 unspecified atom stereocenters. The van der Waals surface area contributed by atoms with Gasteiger partial charge in [0.1, 0.15) is 0 Å². The van der Waals surface area contributed by atoms with E-state index in [0.717, 1.165) is 30.7 Å². The molecule has 3 heteroatoms. The molecule has 1 aromatic heterocycles. The highest BCUT2D eigenvalue weighted by atomic mass is 15.0. The van der Waals surface area contributed by atoms with Gasteiger partial charge in [-0.15, -0.1) is 0 Å². The standard InChI is InChI=1S/C13H21N3/c14-6-5-12-7-15-9-16(12)8-13(10-1-2-10)11-3-4-11/h7,9-11,13H,1-6,8,14H2. The molecule has 0 aromatic carbocycles. The van der Waals surface area contributed by atoms with Crippen LogP contribution < -0.4 is 5.73 Å². The molecule has 2 N–H and O–H groups in total. The zero-order valence-corrected chi connectivity index (χ0v) is 9.81. The zero-order chi connectivity index (χ0) is 11.0. The lowest BCUT2D eigenvalue weighted by Gasteiger charge is -2.17. The molecule has 0 radical (unpaired) electrons. The summed E-state index contributed by atoms with van der Waals surface area (Å²) in [7, 11) is 0. The predicted octanol–water partition coefficient (Wildman–Crippen LogP) is 1.82. The Labute approximate surface area is 97.0 Å². The van der Waals surface area contributed by atoms with Gasteiger partial charge >= 0.3 is 0 Å². The summed E-state index contributed by atoms with van der Waals surface area (Å²) in [4.78, 5) is 4.26. The lowest BCUT2D eigenvalue weighted by molar-refractivity contribution is 0.345. The van der Waals surface area contributed by atoms with Crippen LogP contribution in [0.4, 0.5) is 0 Å². The normalized spacial score (nSPS) is 20.6. The minimum absolute atomic E-state index is 0.725. The average molecular weight is 219 g/mol. The molecule has 0 bridgehead atoms. The van der Waals surface area contributed by atoms with Crippen molar-refractivity contribution in [2.45, 2.75) is 38.6 Å². The summed E-state index contributed by atoms with van der Waals surface area (Å²) < 4.78 is 2.34. The molecule has 0 aliphatic heterocycles. The zero-order valence-electron chi connectivity index (χ0n) is 9.81. The van der Waals surface area contributed by atoms with E-state index in [-0.39, 0.29) is 0 Å². The van der Waals surface area contributed by atoms with E-state index in [1.807, 2.05) is 12.5 Å². The van der Waals surface area contributed by atoms with Crippen LogP contribution in [0, 0.1) is 17.8 Å². The second kappa shape index (κ2) is 4.21. The van der Waals surface area contributed by atoms with Crippen LogP contribution in [0.2, 0.25) is 0 Å². The van der Waals surface area contributed by atoms with E-state index >= 15 is 0 Å². The molecule has 0 atom stereocenters. The van der Waals surface area contributed by atoms with E-state index in [0.29, 0.717) is 0 Å². The predicted molar refractivity (Wildman–Crippen MR) is 63.9 cm³/mol. The topological polar surface area (TPSA) is 43.8 Å². The maximum Gasteiger partial charge on any atom is 0.0948 e. The van der Waals surface area contributed by atoms with Gasteiger partial charge in [0.25, 0.3) is 0 Å². The molecule has 2 saturated carbocycles. The van der Waals surface area contributed by atoms with E-state index in [9.17, 15) is 0 Å². The first-order chi connectivity index (χ1) is 7.88. The van der Waals surface area contributed by atoms with Crippen LogP contribution in [-0.4, -0.2) is 16.1 Å². The van der Waals surface area contributed by atoms with E-state index in [1.54, 1.807) is 0 Å². The fourth-order valence-electron chi connectivity index (χ4n) is 2.83. The Balaban J connectivity index is 1.68. The van der Waals surface area contributed by atoms with Crippen molar-refractivity contribution in [3.05, 3.63) is 18.2 Å². The molecular formula is C13H21N3. The molecule has 0 saturated heterocycles. The van der Waals surface area contributed by atoms with Crippen molar-refractivity contribution >= 4 is 0 Å². The van der Waals surface area contributed by atoms with Crippen LogP contribution >= 0.6 is 0 Å². The molecule has 3 nitrogen and oxygen atoms in total. The fourth-order valence-corrected chi connectivity index (χ4v) is 2.83. The Hall–Kier alpha value is -0.830. The number of nitrogens with two attached hydrogens (primary N) is 1. The van der Waals surface area contributed by atoms with Gasteiger partial charge in [-0.25, -0.2) is 4.98 Å². The monoisotopic (exact) mass is 219 g/mol. The highest BCUT2D eigenvalue weighted by Crippen LogP contribution is 2.49. The largest absolute Gasteiger partial charge is 0.334 e. The average Bonchev–Trinajstić information content (AvgIpc) is 3.18. The number of hydrogen-bond acceptors (Lipinski definition) is 2. The number of aromatic nitrogens is 2. The summed E-state index contributed by atoms with van der Waals surface area (Å²) in [5, 5.41) is 0. The molecule has 0 spiro atoms. The molecule has 1 heterocycles. The highest BCUT2D eigenvalue weighted by molar-refractivity contribution is 5.01. The second-order valence-corrected chi connectivity index (χ2v) is 5.41. The van der Waals surface area contributed by atoms with Gasteiger partial charge in [-0.2, -0.15) is 0 Å². The van der Waals surface area contributed by atoms with Crippen LogP contribution in [0.15, 0.2) is 12.5 Å². The summed E-state index contributed by atoms with van der Waals surface area (Å²) >= 11 is 0. The first-order valence-corrected chi connectivity index (χ1v) is 6.57. The third-order valence-electron chi connectivity index (χ3n) is 4.06. The third-order valence-corrected chi connectivity index (χ3v) is 4.06. The SMILES string of the molecule is NCCc1cncn1CC(C1CC1)C1CC1. The third kappa shape index (κ3) is 2.14. The van der Waals surface area contributed by atoms with Gasteiger partial charge < -0.3 is 10.3 Å². The number of nitrogens with zero attached hydrogens (tertiary/aromatic N) is 2. The van der Waals surface area contributed by atoms with Crippen LogP contribution in [0.25, 0.3) is 0 Å². The summed E-state index contributed by atoms with van der Waals surface area (Å²) in [5.41, 5.74) is 6.94. The molecular weight excluding hydrogens is 198 g/mol. The van der Waals surface area contributed by atoms with Crippen LogP contribution in [0.3, 0.4) is 0 Å². The molecule has 0 amide bonds. The Bertz CT molecular complexity index is 338. The lowest BCUT2D eigenvalue weighted by Crippen LogP contribution is -2.17. The molecule has 2 fully saturated rings. The first-order valence-electron chi connectivity index (χ1n) is 6.57. The van der Waals surface area contributed by atoms with Gasteiger partial charge in [-0.3, -0.25) is 0 Å². The van der Waals surface area contributed by atoms with Gasteiger partial charge in [0, 0.05) is 24.9 Å². The van der Waals surface area contributed by atoms with E-state index < -0.39 is 0 Å². The molecule has 3 rings (SSSR count). The smallest absolute Gasteiger partial charge is 0.0948 e. The van der Waals surface area contributed by atoms with Gasteiger partial charge in [-0.1, -0.05) is 0 Å². The van der Waals surface area contributed by atoms with E-state index in [1.165, 1.54) is 37.9 Å². The van der Waals surface area contributed by atoms with Crippen molar-refractivity contribution in [1.29, 1.82) is 0 Å².